The first-order valence-corrected chi connectivity index (χ1v) is 4.47. The second-order valence-corrected chi connectivity index (χ2v) is 6.86. The molecule has 0 aromatic carbocycles. The molecule has 0 spiro atoms. The molecule has 0 atom stereocenters. The van der Waals surface area contributed by atoms with Crippen LogP contribution >= 0.6 is 0 Å². The zero-order valence-electron chi connectivity index (χ0n) is 5.34. The van der Waals surface area contributed by atoms with Crippen molar-refractivity contribution in [2.24, 2.45) is 0 Å². The van der Waals surface area contributed by atoms with Gasteiger partial charge in [0.1, 0.15) is 0 Å². The average molecular weight is 210 g/mol. The Bertz CT molecular complexity index is 39.0. The van der Waals surface area contributed by atoms with E-state index in [1.165, 1.54) is 0 Å². The van der Waals surface area contributed by atoms with Crippen LogP contribution < -0.4 is 0 Å². The maximum atomic E-state index is 2.28. The van der Waals surface area contributed by atoms with E-state index >= 15 is 0 Å². The number of rotatable bonds is 2. The van der Waals surface area contributed by atoms with Gasteiger partial charge in [-0.05, 0) is 0 Å². The van der Waals surface area contributed by atoms with Gasteiger partial charge in [0.2, 0.25) is 0 Å². The second kappa shape index (κ2) is 3.71. The molecule has 1 radical (unpaired) electrons. The summed E-state index contributed by atoms with van der Waals surface area (Å²) in [4.78, 5) is 0. The SMILES string of the molecule is C[N](C)[Sb][N](C)C. The fraction of sp³-hybridized carbons (Fsp3) is 1.00. The Kier molecular flexibility index (Phi) is 4.10. The molecule has 0 unspecified atom stereocenters. The molecule has 0 N–H and O–H groups in total. The van der Waals surface area contributed by atoms with Crippen molar-refractivity contribution in [1.82, 2.24) is 6.12 Å². The summed E-state index contributed by atoms with van der Waals surface area (Å²) in [7, 11) is 8.49. The molecule has 0 aliphatic carbocycles. The van der Waals surface area contributed by atoms with Crippen LogP contribution in [0.1, 0.15) is 0 Å². The van der Waals surface area contributed by atoms with Crippen LogP contribution in [0, 0.1) is 0 Å². The molecule has 0 heterocycles. The molecular weight excluding hydrogens is 198 g/mol. The van der Waals surface area contributed by atoms with E-state index < -0.39 is 0 Å². The van der Waals surface area contributed by atoms with Crippen molar-refractivity contribution in [3.8, 4) is 0 Å². The zero-order chi connectivity index (χ0) is 5.86. The van der Waals surface area contributed by atoms with Gasteiger partial charge in [-0.3, -0.25) is 0 Å². The van der Waals surface area contributed by atoms with Crippen LogP contribution in [0.5, 0.6) is 0 Å². The molecule has 0 rings (SSSR count). The van der Waals surface area contributed by atoms with Gasteiger partial charge in [-0.1, -0.05) is 0 Å². The van der Waals surface area contributed by atoms with Crippen molar-refractivity contribution in [1.29, 1.82) is 0 Å². The summed E-state index contributed by atoms with van der Waals surface area (Å²) in [5.41, 5.74) is 0. The summed E-state index contributed by atoms with van der Waals surface area (Å²) in [6.45, 7) is 0. The quantitative estimate of drug-likeness (QED) is 0.574. The summed E-state index contributed by atoms with van der Waals surface area (Å²) in [5.74, 6) is 0. The Labute approximate surface area is 56.7 Å². The van der Waals surface area contributed by atoms with Crippen LogP contribution in [-0.2, 0) is 0 Å². The van der Waals surface area contributed by atoms with Crippen molar-refractivity contribution in [3.05, 3.63) is 0 Å². The first-order valence-electron chi connectivity index (χ1n) is 2.19. The van der Waals surface area contributed by atoms with Gasteiger partial charge in [0, 0.05) is 0 Å². The van der Waals surface area contributed by atoms with Crippen LogP contribution in [0.25, 0.3) is 0 Å². The molecule has 0 amide bonds. The molecule has 0 aliphatic rings. The number of nitrogens with zero attached hydrogens (tertiary/aromatic N) is 2. The fourth-order valence-electron chi connectivity index (χ4n) is 0.358. The Morgan fingerprint density at radius 1 is 0.857 bits per heavy atom. The molecule has 0 aromatic heterocycles. The van der Waals surface area contributed by atoms with Crippen molar-refractivity contribution >= 4 is 22.2 Å². The van der Waals surface area contributed by atoms with E-state index in [4.69, 9.17) is 0 Å². The molecule has 0 bridgehead atoms. The summed E-state index contributed by atoms with van der Waals surface area (Å²) in [6.07, 6.45) is 0. The normalized spacial score (nSPS) is 11.1. The topological polar surface area (TPSA) is 6.48 Å². The van der Waals surface area contributed by atoms with E-state index in [9.17, 15) is 0 Å². The van der Waals surface area contributed by atoms with Crippen molar-refractivity contribution in [3.63, 3.8) is 0 Å². The molecular formula is C4H12N2Sb. The maximum absolute atomic E-state index is 2.28. The third kappa shape index (κ3) is 6.74. The summed E-state index contributed by atoms with van der Waals surface area (Å²) in [5, 5.41) is 0. The minimum absolute atomic E-state index is 0.139. The molecule has 0 aliphatic heterocycles. The Hall–Kier alpha value is 0.738. The van der Waals surface area contributed by atoms with Crippen LogP contribution in [0.15, 0.2) is 0 Å². The Morgan fingerprint density at radius 3 is 1.14 bits per heavy atom. The van der Waals surface area contributed by atoms with Crippen LogP contribution in [-0.4, -0.2) is 56.5 Å². The molecule has 7 heavy (non-hydrogen) atoms. The molecule has 2 nitrogen and oxygen atoms in total. The van der Waals surface area contributed by atoms with E-state index in [-0.39, 0.29) is 22.2 Å². The molecule has 0 fully saturated rings. The van der Waals surface area contributed by atoms with E-state index in [0.29, 0.717) is 0 Å². The predicted molar refractivity (Wildman–Crippen MR) is 33.1 cm³/mol. The van der Waals surface area contributed by atoms with Crippen LogP contribution in [0.2, 0.25) is 0 Å². The van der Waals surface area contributed by atoms with Gasteiger partial charge < -0.3 is 0 Å². The molecule has 3 heteroatoms. The van der Waals surface area contributed by atoms with Crippen molar-refractivity contribution in [2.75, 3.05) is 28.2 Å². The third-order valence-corrected chi connectivity index (χ3v) is 2.40. The molecule has 0 saturated heterocycles. The minimum atomic E-state index is -0.139. The van der Waals surface area contributed by atoms with Crippen LogP contribution in [0.3, 0.4) is 0 Å². The molecule has 0 saturated carbocycles. The first-order chi connectivity index (χ1) is 3.13. The van der Waals surface area contributed by atoms with Crippen LogP contribution in [0.4, 0.5) is 0 Å². The predicted octanol–water partition coefficient (Wildman–Crippen LogP) is -0.356. The van der Waals surface area contributed by atoms with Gasteiger partial charge in [0.25, 0.3) is 0 Å². The summed E-state index contributed by atoms with van der Waals surface area (Å²) < 4.78 is 4.55. The van der Waals surface area contributed by atoms with Gasteiger partial charge in [0.05, 0.1) is 0 Å². The third-order valence-electron chi connectivity index (χ3n) is 0.358. The Morgan fingerprint density at radius 2 is 1.14 bits per heavy atom. The van der Waals surface area contributed by atoms with E-state index in [2.05, 4.69) is 34.3 Å². The monoisotopic (exact) mass is 209 g/mol. The number of hydrogen-bond donors (Lipinski definition) is 0. The van der Waals surface area contributed by atoms with Gasteiger partial charge in [-0.2, -0.15) is 0 Å². The fourth-order valence-corrected chi connectivity index (χ4v) is 2.40. The van der Waals surface area contributed by atoms with Gasteiger partial charge >= 0.3 is 56.5 Å². The van der Waals surface area contributed by atoms with E-state index in [1.54, 1.807) is 0 Å². The van der Waals surface area contributed by atoms with Crippen molar-refractivity contribution < 1.29 is 0 Å². The first kappa shape index (κ1) is 7.74. The molecule has 43 valence electrons. The summed E-state index contributed by atoms with van der Waals surface area (Å²) in [6, 6.07) is 0. The van der Waals surface area contributed by atoms with E-state index in [0.717, 1.165) is 0 Å². The second-order valence-electron chi connectivity index (χ2n) is 1.78. The number of hydrogen-bond acceptors (Lipinski definition) is 2. The van der Waals surface area contributed by atoms with Crippen molar-refractivity contribution in [2.45, 2.75) is 0 Å². The average Bonchev–Trinajstić information content (AvgIpc) is 1.27. The molecule has 0 aromatic rings. The van der Waals surface area contributed by atoms with E-state index in [1.807, 2.05) is 0 Å². The Balaban J connectivity index is 2.95. The van der Waals surface area contributed by atoms with Gasteiger partial charge in [0.15, 0.2) is 0 Å². The van der Waals surface area contributed by atoms with Gasteiger partial charge in [-0.15, -0.1) is 0 Å². The van der Waals surface area contributed by atoms with Gasteiger partial charge in [-0.25, -0.2) is 0 Å². The standard InChI is InChI=1S/2C2H6N.Sb/c2*1-3-2;/h2*1-2H3;/q2*-1;+2. The zero-order valence-corrected chi connectivity index (χ0v) is 7.89. The summed E-state index contributed by atoms with van der Waals surface area (Å²) >= 11 is -0.139.